The lowest BCUT2D eigenvalue weighted by Gasteiger charge is -2.32. The van der Waals surface area contributed by atoms with Crippen molar-refractivity contribution >= 4 is 28.6 Å². The van der Waals surface area contributed by atoms with E-state index in [0.29, 0.717) is 18.3 Å². The van der Waals surface area contributed by atoms with E-state index in [1.165, 1.54) is 0 Å². The van der Waals surface area contributed by atoms with Crippen LogP contribution in [0.5, 0.6) is 0 Å². The predicted molar refractivity (Wildman–Crippen MR) is 102 cm³/mol. The number of nitrogens with two attached hydrogens (primary N) is 1. The molecule has 1 aromatic carbocycles. The maximum Gasteiger partial charge on any atom is 0.223 e. The lowest BCUT2D eigenvalue weighted by atomic mass is 9.97. The second kappa shape index (κ2) is 7.17. The Balaban J connectivity index is 1.55. The van der Waals surface area contributed by atoms with Crippen LogP contribution >= 0.6 is 0 Å². The number of aromatic nitrogens is 4. The molecule has 136 valence electrons. The normalized spacial score (nSPS) is 17.6. The number of hydrogen-bond acceptors (Lipinski definition) is 7. The van der Waals surface area contributed by atoms with Crippen LogP contribution in [0.2, 0.25) is 0 Å². The van der Waals surface area contributed by atoms with E-state index >= 15 is 0 Å². The monoisotopic (exact) mass is 353 g/mol. The number of aliphatic hydroxyl groups is 1. The number of anilines is 3. The summed E-state index contributed by atoms with van der Waals surface area (Å²) in [6, 6.07) is 9.98. The number of para-hydroxylation sites is 2. The Kier molecular flexibility index (Phi) is 4.57. The molecule has 0 amide bonds. The number of nitrogen functional groups attached to an aromatic ring is 1. The Morgan fingerprint density at radius 1 is 1.27 bits per heavy atom. The molecule has 3 aromatic rings. The summed E-state index contributed by atoms with van der Waals surface area (Å²) in [6.45, 7) is 2.22. The summed E-state index contributed by atoms with van der Waals surface area (Å²) in [5, 5.41) is 12.0. The van der Waals surface area contributed by atoms with E-state index in [0.717, 1.165) is 48.6 Å². The minimum atomic E-state index is 0.0388. The molecule has 1 saturated heterocycles. The van der Waals surface area contributed by atoms with Crippen molar-refractivity contribution in [3.63, 3.8) is 0 Å². The van der Waals surface area contributed by atoms with Gasteiger partial charge in [0.2, 0.25) is 5.95 Å². The Hall–Kier alpha value is -2.87. The Labute approximate surface area is 151 Å². The van der Waals surface area contributed by atoms with Crippen molar-refractivity contribution in [3.05, 3.63) is 36.2 Å². The van der Waals surface area contributed by atoms with Crippen LogP contribution in [-0.2, 0) is 0 Å². The van der Waals surface area contributed by atoms with Crippen molar-refractivity contribution < 1.29 is 5.11 Å². The van der Waals surface area contributed by atoms with Crippen molar-refractivity contribution in [1.82, 2.24) is 19.9 Å². The summed E-state index contributed by atoms with van der Waals surface area (Å²) in [7, 11) is 0. The summed E-state index contributed by atoms with van der Waals surface area (Å²) in [5.41, 5.74) is 7.94. The zero-order valence-electron chi connectivity index (χ0n) is 14.5. The number of aliphatic hydroxyl groups excluding tert-OH is 1. The minimum Gasteiger partial charge on any atom is -0.395 e. The van der Waals surface area contributed by atoms with E-state index in [-0.39, 0.29) is 12.6 Å². The summed E-state index contributed by atoms with van der Waals surface area (Å²) in [6.07, 6.45) is 2.15. The van der Waals surface area contributed by atoms with Gasteiger partial charge in [-0.25, -0.2) is 4.98 Å². The second-order valence-corrected chi connectivity index (χ2v) is 6.54. The number of H-pyrrole nitrogens is 1. The quantitative estimate of drug-likeness (QED) is 0.552. The largest absolute Gasteiger partial charge is 0.395 e. The number of benzene rings is 1. The number of piperidine rings is 1. The summed E-state index contributed by atoms with van der Waals surface area (Å²) in [5.74, 6) is 3.01. The highest BCUT2D eigenvalue weighted by molar-refractivity contribution is 5.74. The Bertz CT molecular complexity index is 861. The molecule has 8 nitrogen and oxygen atoms in total. The summed E-state index contributed by atoms with van der Waals surface area (Å²) < 4.78 is 0. The lowest BCUT2D eigenvalue weighted by molar-refractivity contribution is 0.311. The predicted octanol–water partition coefficient (Wildman–Crippen LogP) is 1.72. The van der Waals surface area contributed by atoms with Crippen molar-refractivity contribution in [2.75, 3.05) is 42.2 Å². The van der Waals surface area contributed by atoms with Crippen molar-refractivity contribution in [3.8, 4) is 0 Å². The SMILES string of the molecule is Nc1nc(NCCO)cc(N2CCC[C@@H](c3nc4ccccc4[nH]3)C2)n1. The fourth-order valence-electron chi connectivity index (χ4n) is 3.46. The van der Waals surface area contributed by atoms with Gasteiger partial charge in [-0.2, -0.15) is 9.97 Å². The number of nitrogens with zero attached hydrogens (tertiary/aromatic N) is 4. The van der Waals surface area contributed by atoms with Crippen LogP contribution < -0.4 is 16.0 Å². The van der Waals surface area contributed by atoms with Gasteiger partial charge in [-0.05, 0) is 25.0 Å². The number of fused-ring (bicyclic) bond motifs is 1. The molecule has 1 atom stereocenters. The third-order valence-corrected chi connectivity index (χ3v) is 4.69. The number of hydrogen-bond donors (Lipinski definition) is 4. The fourth-order valence-corrected chi connectivity index (χ4v) is 3.46. The first-order valence-electron chi connectivity index (χ1n) is 8.92. The van der Waals surface area contributed by atoms with Gasteiger partial charge in [0.15, 0.2) is 0 Å². The molecule has 2 aromatic heterocycles. The molecular formula is C18H23N7O. The van der Waals surface area contributed by atoms with Crippen LogP contribution in [0.4, 0.5) is 17.6 Å². The molecule has 0 saturated carbocycles. The Morgan fingerprint density at radius 3 is 3.00 bits per heavy atom. The molecule has 8 heteroatoms. The number of rotatable bonds is 5. The van der Waals surface area contributed by atoms with Gasteiger partial charge in [0.05, 0.1) is 17.6 Å². The molecule has 0 spiro atoms. The zero-order chi connectivity index (χ0) is 17.9. The fraction of sp³-hybridized carbons (Fsp3) is 0.389. The first-order valence-corrected chi connectivity index (χ1v) is 8.92. The molecule has 0 unspecified atom stereocenters. The van der Waals surface area contributed by atoms with E-state index in [9.17, 15) is 0 Å². The van der Waals surface area contributed by atoms with Crippen LogP contribution in [0.1, 0.15) is 24.6 Å². The van der Waals surface area contributed by atoms with Crippen LogP contribution in [0.25, 0.3) is 11.0 Å². The van der Waals surface area contributed by atoms with Gasteiger partial charge in [-0.1, -0.05) is 12.1 Å². The average molecular weight is 353 g/mol. The minimum absolute atomic E-state index is 0.0388. The maximum atomic E-state index is 8.98. The summed E-state index contributed by atoms with van der Waals surface area (Å²) in [4.78, 5) is 19.0. The van der Waals surface area contributed by atoms with Crippen molar-refractivity contribution in [2.24, 2.45) is 0 Å². The van der Waals surface area contributed by atoms with Crippen molar-refractivity contribution in [2.45, 2.75) is 18.8 Å². The highest BCUT2D eigenvalue weighted by Crippen LogP contribution is 2.29. The van der Waals surface area contributed by atoms with Gasteiger partial charge < -0.3 is 26.0 Å². The van der Waals surface area contributed by atoms with E-state index in [2.05, 4.69) is 31.2 Å². The third kappa shape index (κ3) is 3.41. The van der Waals surface area contributed by atoms with Gasteiger partial charge in [0, 0.05) is 31.6 Å². The van der Waals surface area contributed by atoms with Crippen molar-refractivity contribution in [1.29, 1.82) is 0 Å². The molecule has 1 fully saturated rings. The molecule has 1 aliphatic rings. The molecule has 5 N–H and O–H groups in total. The van der Waals surface area contributed by atoms with Gasteiger partial charge >= 0.3 is 0 Å². The molecular weight excluding hydrogens is 330 g/mol. The highest BCUT2D eigenvalue weighted by Gasteiger charge is 2.25. The van der Waals surface area contributed by atoms with E-state index in [4.69, 9.17) is 15.8 Å². The van der Waals surface area contributed by atoms with Gasteiger partial charge in [-0.15, -0.1) is 0 Å². The maximum absolute atomic E-state index is 8.98. The smallest absolute Gasteiger partial charge is 0.223 e. The highest BCUT2D eigenvalue weighted by atomic mass is 16.3. The number of nitrogens with one attached hydrogen (secondary N) is 2. The van der Waals surface area contributed by atoms with Gasteiger partial charge in [0.25, 0.3) is 0 Å². The average Bonchev–Trinajstić information content (AvgIpc) is 3.10. The van der Waals surface area contributed by atoms with Gasteiger partial charge in [0.1, 0.15) is 17.5 Å². The second-order valence-electron chi connectivity index (χ2n) is 6.54. The molecule has 0 bridgehead atoms. The molecule has 26 heavy (non-hydrogen) atoms. The van der Waals surface area contributed by atoms with E-state index in [1.807, 2.05) is 24.3 Å². The van der Waals surface area contributed by atoms with Crippen LogP contribution in [-0.4, -0.2) is 51.3 Å². The number of imidazole rings is 1. The molecule has 3 heterocycles. The van der Waals surface area contributed by atoms with E-state index < -0.39 is 0 Å². The topological polar surface area (TPSA) is 116 Å². The zero-order valence-corrected chi connectivity index (χ0v) is 14.5. The molecule has 0 radical (unpaired) electrons. The molecule has 1 aliphatic heterocycles. The lowest BCUT2D eigenvalue weighted by Crippen LogP contribution is -2.35. The van der Waals surface area contributed by atoms with Gasteiger partial charge in [-0.3, -0.25) is 0 Å². The first-order chi connectivity index (χ1) is 12.7. The molecule has 0 aliphatic carbocycles. The first kappa shape index (κ1) is 16.6. The van der Waals surface area contributed by atoms with Crippen LogP contribution in [0, 0.1) is 0 Å². The van der Waals surface area contributed by atoms with E-state index in [1.54, 1.807) is 0 Å². The standard InChI is InChI=1S/C18H23N7O/c19-18-23-15(20-7-9-26)10-16(24-18)25-8-3-4-12(11-25)17-21-13-5-1-2-6-14(13)22-17/h1-2,5-6,10,12,26H,3-4,7-9,11H2,(H,21,22)(H3,19,20,23,24)/t12-/m1/s1. The Morgan fingerprint density at radius 2 is 2.15 bits per heavy atom. The summed E-state index contributed by atoms with van der Waals surface area (Å²) >= 11 is 0. The number of aromatic amines is 1. The third-order valence-electron chi connectivity index (χ3n) is 4.69. The van der Waals surface area contributed by atoms with Crippen LogP contribution in [0.15, 0.2) is 30.3 Å². The van der Waals surface area contributed by atoms with Crippen LogP contribution in [0.3, 0.4) is 0 Å². The molecule has 4 rings (SSSR count).